The molecule has 1 fully saturated rings. The monoisotopic (exact) mass is 461 g/mol. The van der Waals surface area contributed by atoms with E-state index >= 15 is 0 Å². The summed E-state index contributed by atoms with van der Waals surface area (Å²) >= 11 is 0. The maximum absolute atomic E-state index is 12.8. The lowest BCUT2D eigenvalue weighted by Gasteiger charge is -2.36. The molecule has 7 nitrogen and oxygen atoms in total. The van der Waals surface area contributed by atoms with Gasteiger partial charge in [-0.1, -0.05) is 48.5 Å². The van der Waals surface area contributed by atoms with Crippen LogP contribution in [0.15, 0.2) is 65.1 Å². The van der Waals surface area contributed by atoms with Crippen molar-refractivity contribution >= 4 is 11.9 Å². The van der Waals surface area contributed by atoms with Crippen molar-refractivity contribution in [2.75, 3.05) is 19.7 Å². The fourth-order valence-corrected chi connectivity index (χ4v) is 4.63. The Balaban J connectivity index is 1.30. The molecular formula is C27H31N3O4. The van der Waals surface area contributed by atoms with Crippen LogP contribution in [-0.2, 0) is 20.7 Å². The molecule has 4 rings (SSSR count). The maximum atomic E-state index is 12.8. The molecule has 0 unspecified atom stereocenters. The summed E-state index contributed by atoms with van der Waals surface area (Å²) in [6.07, 6.45) is 2.87. The molecule has 1 atom stereocenters. The molecule has 0 saturated carbocycles. The summed E-state index contributed by atoms with van der Waals surface area (Å²) in [4.78, 5) is 27.0. The molecule has 0 aliphatic carbocycles. The van der Waals surface area contributed by atoms with E-state index < -0.39 is 0 Å². The highest BCUT2D eigenvalue weighted by Crippen LogP contribution is 2.35. The van der Waals surface area contributed by atoms with Crippen LogP contribution in [0.3, 0.4) is 0 Å². The zero-order chi connectivity index (χ0) is 23.8. The summed E-state index contributed by atoms with van der Waals surface area (Å²) in [5.41, 5.74) is 2.02. The van der Waals surface area contributed by atoms with Gasteiger partial charge in [-0.15, -0.1) is 10.2 Å². The third-order valence-corrected chi connectivity index (χ3v) is 6.42. The minimum Gasteiger partial charge on any atom is -0.466 e. The number of likely N-dealkylation sites (tertiary alicyclic amines) is 1. The Morgan fingerprint density at radius 2 is 1.71 bits per heavy atom. The van der Waals surface area contributed by atoms with Crippen LogP contribution in [0.1, 0.15) is 50.0 Å². The summed E-state index contributed by atoms with van der Waals surface area (Å²) in [5.74, 6) is 1.31. The van der Waals surface area contributed by atoms with Crippen LogP contribution in [0.5, 0.6) is 0 Å². The molecule has 1 aromatic heterocycles. The largest absolute Gasteiger partial charge is 0.466 e. The Bertz CT molecular complexity index is 1060. The maximum Gasteiger partial charge on any atom is 0.306 e. The second kappa shape index (κ2) is 11.6. The summed E-state index contributed by atoms with van der Waals surface area (Å²) in [5, 5.41) is 8.18. The predicted molar refractivity (Wildman–Crippen MR) is 128 cm³/mol. The van der Waals surface area contributed by atoms with Crippen LogP contribution in [-0.4, -0.2) is 46.7 Å². The number of hydrogen-bond acceptors (Lipinski definition) is 6. The number of amides is 1. The van der Waals surface area contributed by atoms with Gasteiger partial charge in [0.05, 0.1) is 13.0 Å². The van der Waals surface area contributed by atoms with Crippen molar-refractivity contribution in [3.05, 3.63) is 72.1 Å². The summed E-state index contributed by atoms with van der Waals surface area (Å²) in [6, 6.07) is 19.8. The first-order valence-electron chi connectivity index (χ1n) is 12.0. The average Bonchev–Trinajstić information content (AvgIpc) is 3.36. The quantitative estimate of drug-likeness (QED) is 0.432. The predicted octanol–water partition coefficient (Wildman–Crippen LogP) is 4.64. The van der Waals surface area contributed by atoms with Gasteiger partial charge in [-0.3, -0.25) is 9.59 Å². The number of ether oxygens (including phenoxy) is 1. The molecule has 0 spiro atoms. The number of carbonyl (C=O) groups is 2. The summed E-state index contributed by atoms with van der Waals surface area (Å²) in [6.45, 7) is 3.60. The van der Waals surface area contributed by atoms with Crippen molar-refractivity contribution in [1.29, 1.82) is 0 Å². The molecule has 1 amide bonds. The van der Waals surface area contributed by atoms with Crippen LogP contribution < -0.4 is 0 Å². The highest BCUT2D eigenvalue weighted by Gasteiger charge is 2.31. The second-order valence-corrected chi connectivity index (χ2v) is 8.61. The van der Waals surface area contributed by atoms with E-state index in [1.54, 1.807) is 0 Å². The fraction of sp³-hybridized carbons (Fsp3) is 0.407. The van der Waals surface area contributed by atoms with Crippen LogP contribution >= 0.6 is 0 Å². The minimum atomic E-state index is -0.163. The van der Waals surface area contributed by atoms with Gasteiger partial charge in [-0.2, -0.15) is 0 Å². The molecule has 7 heteroatoms. The van der Waals surface area contributed by atoms with Crippen molar-refractivity contribution in [2.24, 2.45) is 5.92 Å². The standard InChI is InChI=1S/C27H31N3O4/c1-2-33-26(32)19-23(20-9-5-3-6-10-20)21-15-17-30(18-16-21)25(31)14-13-24-28-29-27(34-24)22-11-7-4-8-12-22/h3-12,21,23H,2,13-19H2,1H3/t23-/m0/s1. The SMILES string of the molecule is CCOC(=O)C[C@@H](c1ccccc1)C1CCN(C(=O)CCc2nnc(-c3ccccc3)o2)CC1. The Hall–Kier alpha value is -3.48. The molecule has 0 bridgehead atoms. The van der Waals surface area contributed by atoms with Crippen molar-refractivity contribution in [3.8, 4) is 11.5 Å². The second-order valence-electron chi connectivity index (χ2n) is 8.61. The summed E-state index contributed by atoms with van der Waals surface area (Å²) in [7, 11) is 0. The Morgan fingerprint density at radius 1 is 1.03 bits per heavy atom. The first-order valence-corrected chi connectivity index (χ1v) is 12.0. The van der Waals surface area contributed by atoms with E-state index in [-0.39, 0.29) is 17.8 Å². The lowest BCUT2D eigenvalue weighted by molar-refractivity contribution is -0.144. The van der Waals surface area contributed by atoms with Gasteiger partial charge in [0.15, 0.2) is 0 Å². The highest BCUT2D eigenvalue weighted by atomic mass is 16.5. The van der Waals surface area contributed by atoms with Gasteiger partial charge in [0.2, 0.25) is 17.7 Å². The molecule has 0 radical (unpaired) electrons. The smallest absolute Gasteiger partial charge is 0.306 e. The number of aryl methyl sites for hydroxylation is 1. The van der Waals surface area contributed by atoms with Crippen LogP contribution in [0.25, 0.3) is 11.5 Å². The molecule has 1 aliphatic rings. The van der Waals surface area contributed by atoms with Gasteiger partial charge in [-0.25, -0.2) is 0 Å². The van der Waals surface area contributed by atoms with Crippen LogP contribution in [0.2, 0.25) is 0 Å². The average molecular weight is 462 g/mol. The van der Waals surface area contributed by atoms with Crippen molar-refractivity contribution in [1.82, 2.24) is 15.1 Å². The third-order valence-electron chi connectivity index (χ3n) is 6.42. The van der Waals surface area contributed by atoms with E-state index in [1.165, 1.54) is 0 Å². The Kier molecular flexibility index (Phi) is 8.07. The van der Waals surface area contributed by atoms with E-state index in [1.807, 2.05) is 60.4 Å². The molecule has 178 valence electrons. The van der Waals surface area contributed by atoms with E-state index in [9.17, 15) is 9.59 Å². The zero-order valence-electron chi connectivity index (χ0n) is 19.6. The van der Waals surface area contributed by atoms with Crippen molar-refractivity contribution < 1.29 is 18.7 Å². The molecule has 3 aromatic rings. The first kappa shape index (κ1) is 23.7. The zero-order valence-corrected chi connectivity index (χ0v) is 19.6. The van der Waals surface area contributed by atoms with Gasteiger partial charge >= 0.3 is 5.97 Å². The third kappa shape index (κ3) is 6.10. The van der Waals surface area contributed by atoms with E-state index in [0.717, 1.165) is 24.0 Å². The van der Waals surface area contributed by atoms with Gasteiger partial charge in [0.1, 0.15) is 0 Å². The van der Waals surface area contributed by atoms with Gasteiger partial charge in [0.25, 0.3) is 0 Å². The van der Waals surface area contributed by atoms with Gasteiger partial charge < -0.3 is 14.1 Å². The Labute approximate surface area is 200 Å². The van der Waals surface area contributed by atoms with Crippen LogP contribution in [0, 0.1) is 5.92 Å². The molecule has 1 saturated heterocycles. The minimum absolute atomic E-state index is 0.0968. The Morgan fingerprint density at radius 3 is 2.38 bits per heavy atom. The van der Waals surface area contributed by atoms with E-state index in [0.29, 0.717) is 56.7 Å². The van der Waals surface area contributed by atoms with Crippen LogP contribution in [0.4, 0.5) is 0 Å². The number of hydrogen-bond donors (Lipinski definition) is 0. The fourth-order valence-electron chi connectivity index (χ4n) is 4.63. The number of benzene rings is 2. The van der Waals surface area contributed by atoms with Crippen molar-refractivity contribution in [2.45, 2.75) is 44.9 Å². The number of rotatable bonds is 9. The number of aromatic nitrogens is 2. The number of esters is 1. The number of piperidine rings is 1. The molecule has 2 heterocycles. The van der Waals surface area contributed by atoms with E-state index in [4.69, 9.17) is 9.15 Å². The number of carbonyl (C=O) groups excluding carboxylic acids is 2. The highest BCUT2D eigenvalue weighted by molar-refractivity contribution is 5.76. The molecule has 1 aliphatic heterocycles. The topological polar surface area (TPSA) is 85.5 Å². The molecule has 2 aromatic carbocycles. The molecule has 0 N–H and O–H groups in total. The van der Waals surface area contributed by atoms with E-state index in [2.05, 4.69) is 22.3 Å². The first-order chi connectivity index (χ1) is 16.6. The van der Waals surface area contributed by atoms with Crippen molar-refractivity contribution in [3.63, 3.8) is 0 Å². The molecule has 34 heavy (non-hydrogen) atoms. The lowest BCUT2D eigenvalue weighted by Crippen LogP contribution is -2.40. The van der Waals surface area contributed by atoms with Gasteiger partial charge in [0, 0.05) is 31.5 Å². The normalized spacial score (nSPS) is 15.1. The summed E-state index contributed by atoms with van der Waals surface area (Å²) < 4.78 is 10.9. The number of nitrogens with zero attached hydrogens (tertiary/aromatic N) is 3. The van der Waals surface area contributed by atoms with Gasteiger partial charge in [-0.05, 0) is 49.3 Å². The molecular weight excluding hydrogens is 430 g/mol. The lowest BCUT2D eigenvalue weighted by atomic mass is 9.78.